The number of halogens is 1. The first-order chi connectivity index (χ1) is 13.9. The van der Waals surface area contributed by atoms with Gasteiger partial charge in [-0.05, 0) is 52.2 Å². The van der Waals surface area contributed by atoms with Crippen LogP contribution in [0.2, 0.25) is 0 Å². The van der Waals surface area contributed by atoms with E-state index in [0.29, 0.717) is 31.1 Å². The Kier molecular flexibility index (Phi) is 7.45. The molecule has 1 amide bonds. The number of sulfonamides is 1. The molecule has 2 aromatic rings. The van der Waals surface area contributed by atoms with Gasteiger partial charge in [0.2, 0.25) is 15.9 Å². The number of nitrogens with zero attached hydrogens (tertiary/aromatic N) is 2. The van der Waals surface area contributed by atoms with Crippen molar-refractivity contribution >= 4 is 37.5 Å². The first-order valence-corrected chi connectivity index (χ1v) is 12.0. The van der Waals surface area contributed by atoms with Crippen molar-refractivity contribution in [2.75, 3.05) is 38.0 Å². The summed E-state index contributed by atoms with van der Waals surface area (Å²) in [6.07, 6.45) is 1.98. The van der Waals surface area contributed by atoms with Gasteiger partial charge < -0.3 is 5.32 Å². The molecular weight excluding hydrogens is 454 g/mol. The van der Waals surface area contributed by atoms with Gasteiger partial charge in [0.25, 0.3) is 0 Å². The predicted molar refractivity (Wildman–Crippen MR) is 118 cm³/mol. The van der Waals surface area contributed by atoms with Crippen molar-refractivity contribution in [2.24, 2.45) is 0 Å². The van der Waals surface area contributed by atoms with Gasteiger partial charge in [-0.1, -0.05) is 37.6 Å². The maximum Gasteiger partial charge on any atom is 0.243 e. The van der Waals surface area contributed by atoms with Crippen LogP contribution in [0.4, 0.5) is 5.69 Å². The van der Waals surface area contributed by atoms with E-state index in [9.17, 15) is 13.2 Å². The summed E-state index contributed by atoms with van der Waals surface area (Å²) in [6.45, 7) is 4.14. The lowest BCUT2D eigenvalue weighted by Crippen LogP contribution is -2.50. The number of amides is 1. The van der Waals surface area contributed by atoms with E-state index < -0.39 is 10.0 Å². The second kappa shape index (κ2) is 9.84. The number of benzene rings is 2. The zero-order valence-corrected chi connectivity index (χ0v) is 18.9. The molecule has 3 rings (SSSR count). The van der Waals surface area contributed by atoms with Crippen LogP contribution in [0.25, 0.3) is 0 Å². The second-order valence-corrected chi connectivity index (χ2v) is 9.89. The maximum absolute atomic E-state index is 12.9. The van der Waals surface area contributed by atoms with Crippen LogP contribution in [0.3, 0.4) is 0 Å². The SMILES string of the molecule is CCCc1ccc(S(=O)(=O)N2CCN(CC(=O)Nc3ccccc3Br)CC2)cc1. The molecule has 0 unspecified atom stereocenters. The van der Waals surface area contributed by atoms with E-state index in [1.807, 2.05) is 41.3 Å². The highest BCUT2D eigenvalue weighted by atomic mass is 79.9. The lowest BCUT2D eigenvalue weighted by atomic mass is 10.1. The molecule has 1 heterocycles. The fourth-order valence-corrected chi connectivity index (χ4v) is 5.16. The molecule has 1 saturated heterocycles. The van der Waals surface area contributed by atoms with Crippen molar-refractivity contribution in [3.05, 3.63) is 58.6 Å². The van der Waals surface area contributed by atoms with Gasteiger partial charge in [-0.25, -0.2) is 8.42 Å². The summed E-state index contributed by atoms with van der Waals surface area (Å²) < 4.78 is 28.1. The first-order valence-electron chi connectivity index (χ1n) is 9.76. The molecule has 1 aliphatic heterocycles. The summed E-state index contributed by atoms with van der Waals surface area (Å²) >= 11 is 3.41. The number of hydrogen-bond acceptors (Lipinski definition) is 4. The monoisotopic (exact) mass is 479 g/mol. The van der Waals surface area contributed by atoms with Crippen LogP contribution in [-0.4, -0.2) is 56.3 Å². The predicted octanol–water partition coefficient (Wildman–Crippen LogP) is 3.35. The molecule has 0 radical (unpaired) electrons. The normalized spacial score (nSPS) is 15.9. The van der Waals surface area contributed by atoms with Crippen molar-refractivity contribution in [3.8, 4) is 0 Å². The highest BCUT2D eigenvalue weighted by Crippen LogP contribution is 2.22. The van der Waals surface area contributed by atoms with E-state index in [1.165, 1.54) is 4.31 Å². The van der Waals surface area contributed by atoms with Gasteiger partial charge in [-0.15, -0.1) is 0 Å². The topological polar surface area (TPSA) is 69.7 Å². The summed E-state index contributed by atoms with van der Waals surface area (Å²) in [5.41, 5.74) is 1.87. The molecule has 1 N–H and O–H groups in total. The third-order valence-electron chi connectivity index (χ3n) is 4.95. The minimum Gasteiger partial charge on any atom is -0.324 e. The van der Waals surface area contributed by atoms with Crippen LogP contribution in [0.5, 0.6) is 0 Å². The molecule has 156 valence electrons. The van der Waals surface area contributed by atoms with E-state index in [1.54, 1.807) is 12.1 Å². The molecule has 6 nitrogen and oxygen atoms in total. The molecule has 1 fully saturated rings. The second-order valence-electron chi connectivity index (χ2n) is 7.10. The van der Waals surface area contributed by atoms with Crippen LogP contribution in [0.15, 0.2) is 57.9 Å². The molecule has 0 aliphatic carbocycles. The largest absolute Gasteiger partial charge is 0.324 e. The van der Waals surface area contributed by atoms with Gasteiger partial charge in [-0.3, -0.25) is 9.69 Å². The van der Waals surface area contributed by atoms with E-state index in [2.05, 4.69) is 28.2 Å². The van der Waals surface area contributed by atoms with Crippen molar-refractivity contribution < 1.29 is 13.2 Å². The van der Waals surface area contributed by atoms with Gasteiger partial charge >= 0.3 is 0 Å². The van der Waals surface area contributed by atoms with E-state index in [0.717, 1.165) is 28.6 Å². The average molecular weight is 480 g/mol. The van der Waals surface area contributed by atoms with Gasteiger partial charge in [0.05, 0.1) is 17.1 Å². The third-order valence-corrected chi connectivity index (χ3v) is 7.55. The van der Waals surface area contributed by atoms with Crippen LogP contribution in [0, 0.1) is 0 Å². The Bertz CT molecular complexity index is 940. The quantitative estimate of drug-likeness (QED) is 0.660. The highest BCUT2D eigenvalue weighted by molar-refractivity contribution is 9.10. The Hall–Kier alpha value is -1.74. The number of piperazine rings is 1. The van der Waals surface area contributed by atoms with Crippen LogP contribution < -0.4 is 5.32 Å². The highest BCUT2D eigenvalue weighted by Gasteiger charge is 2.29. The Morgan fingerprint density at radius 3 is 2.31 bits per heavy atom. The Morgan fingerprint density at radius 1 is 1.03 bits per heavy atom. The van der Waals surface area contributed by atoms with Crippen LogP contribution >= 0.6 is 15.9 Å². The lowest BCUT2D eigenvalue weighted by Gasteiger charge is -2.33. The number of nitrogens with one attached hydrogen (secondary N) is 1. The van der Waals surface area contributed by atoms with E-state index in [4.69, 9.17) is 0 Å². The summed E-state index contributed by atoms with van der Waals surface area (Å²) in [5, 5.41) is 2.88. The summed E-state index contributed by atoms with van der Waals surface area (Å²) in [6, 6.07) is 14.6. The zero-order valence-electron chi connectivity index (χ0n) is 16.5. The Morgan fingerprint density at radius 2 is 1.69 bits per heavy atom. The van der Waals surface area contributed by atoms with Gasteiger partial charge in [0.15, 0.2) is 0 Å². The minimum absolute atomic E-state index is 0.111. The van der Waals surface area contributed by atoms with E-state index in [-0.39, 0.29) is 12.5 Å². The molecular formula is C21H26BrN3O3S. The van der Waals surface area contributed by atoms with Crippen molar-refractivity contribution in [1.82, 2.24) is 9.21 Å². The van der Waals surface area contributed by atoms with Gasteiger partial charge in [0, 0.05) is 30.7 Å². The molecule has 0 atom stereocenters. The Labute approximate surface area is 181 Å². The fourth-order valence-electron chi connectivity index (χ4n) is 3.35. The number of rotatable bonds is 7. The Balaban J connectivity index is 1.54. The average Bonchev–Trinajstić information content (AvgIpc) is 2.71. The first kappa shape index (κ1) is 22.0. The number of hydrogen-bond donors (Lipinski definition) is 1. The number of carbonyl (C=O) groups excluding carboxylic acids is 1. The van der Waals surface area contributed by atoms with Crippen molar-refractivity contribution in [2.45, 2.75) is 24.7 Å². The zero-order chi connectivity index (χ0) is 20.9. The van der Waals surface area contributed by atoms with Crippen LogP contribution in [-0.2, 0) is 21.2 Å². The molecule has 0 spiro atoms. The molecule has 0 aromatic heterocycles. The van der Waals surface area contributed by atoms with Crippen molar-refractivity contribution in [1.29, 1.82) is 0 Å². The number of aryl methyl sites for hydroxylation is 1. The molecule has 8 heteroatoms. The molecule has 29 heavy (non-hydrogen) atoms. The number of anilines is 1. The number of carbonyl (C=O) groups is 1. The molecule has 1 aliphatic rings. The lowest BCUT2D eigenvalue weighted by molar-refractivity contribution is -0.117. The minimum atomic E-state index is -3.50. The smallest absolute Gasteiger partial charge is 0.243 e. The fraction of sp³-hybridized carbons (Fsp3) is 0.381. The van der Waals surface area contributed by atoms with Crippen LogP contribution in [0.1, 0.15) is 18.9 Å². The van der Waals surface area contributed by atoms with Gasteiger partial charge in [0.1, 0.15) is 0 Å². The van der Waals surface area contributed by atoms with Crippen molar-refractivity contribution in [3.63, 3.8) is 0 Å². The molecule has 0 bridgehead atoms. The summed E-state index contributed by atoms with van der Waals surface area (Å²) in [5.74, 6) is -0.111. The molecule has 2 aromatic carbocycles. The standard InChI is InChI=1S/C21H26BrN3O3S/c1-2-5-17-8-10-18(11-9-17)29(27,28)25-14-12-24(13-15-25)16-21(26)23-20-7-4-3-6-19(20)22/h3-4,6-11H,2,5,12-16H2,1H3,(H,23,26). The summed E-state index contributed by atoms with van der Waals surface area (Å²) in [7, 11) is -3.50. The number of para-hydroxylation sites is 1. The summed E-state index contributed by atoms with van der Waals surface area (Å²) in [4.78, 5) is 14.6. The molecule has 0 saturated carbocycles. The third kappa shape index (κ3) is 5.66. The van der Waals surface area contributed by atoms with E-state index >= 15 is 0 Å². The van der Waals surface area contributed by atoms with Gasteiger partial charge in [-0.2, -0.15) is 4.31 Å². The maximum atomic E-state index is 12.9.